The molecule has 154 valence electrons. The molecule has 0 bridgehead atoms. The van der Waals surface area contributed by atoms with Gasteiger partial charge in [-0.1, -0.05) is 12.1 Å². The number of phenolic OH excluding ortho intramolecular Hbond substituents is 1. The van der Waals surface area contributed by atoms with Crippen LogP contribution in [0.15, 0.2) is 53.4 Å². The molecule has 1 aliphatic heterocycles. The third-order valence-corrected chi connectivity index (χ3v) is 6.03. The van der Waals surface area contributed by atoms with E-state index in [1.807, 2.05) is 14.8 Å². The minimum atomic E-state index is -1.12. The van der Waals surface area contributed by atoms with Crippen LogP contribution in [0, 0.1) is 0 Å². The molecule has 0 spiro atoms. The molecule has 3 N–H and O–H groups in total. The SMILES string of the molecule is O=S1NCCN1CCNc1nccc(-c2c(-c3cccc(O)c3)nc3occn23)n1. The lowest BCUT2D eigenvalue weighted by Crippen LogP contribution is -2.29. The Morgan fingerprint density at radius 1 is 1.30 bits per heavy atom. The van der Waals surface area contributed by atoms with Crippen molar-refractivity contribution in [1.29, 1.82) is 0 Å². The third-order valence-electron chi connectivity index (χ3n) is 4.75. The van der Waals surface area contributed by atoms with Gasteiger partial charge in [0.2, 0.25) is 5.95 Å². The van der Waals surface area contributed by atoms with Crippen LogP contribution in [0.3, 0.4) is 0 Å². The lowest BCUT2D eigenvalue weighted by atomic mass is 10.1. The summed E-state index contributed by atoms with van der Waals surface area (Å²) in [6, 6.07) is 8.69. The second-order valence-corrected chi connectivity index (χ2v) is 7.98. The Morgan fingerprint density at radius 2 is 2.23 bits per heavy atom. The number of oxazole rings is 1. The number of hydrogen-bond acceptors (Lipinski definition) is 7. The number of rotatable bonds is 6. The van der Waals surface area contributed by atoms with E-state index in [-0.39, 0.29) is 5.75 Å². The number of nitrogens with zero attached hydrogens (tertiary/aromatic N) is 5. The quantitative estimate of drug-likeness (QED) is 0.429. The number of aromatic hydroxyl groups is 1. The number of imidazole rings is 1. The van der Waals surface area contributed by atoms with Gasteiger partial charge in [-0.2, -0.15) is 4.98 Å². The molecule has 30 heavy (non-hydrogen) atoms. The molecule has 11 heteroatoms. The molecule has 1 saturated heterocycles. The molecule has 0 radical (unpaired) electrons. The van der Waals surface area contributed by atoms with Gasteiger partial charge in [-0.15, -0.1) is 0 Å². The zero-order valence-corrected chi connectivity index (χ0v) is 16.7. The molecule has 4 aromatic rings. The minimum Gasteiger partial charge on any atom is -0.508 e. The van der Waals surface area contributed by atoms with Crippen LogP contribution >= 0.6 is 0 Å². The van der Waals surface area contributed by atoms with Gasteiger partial charge in [0.25, 0.3) is 0 Å². The van der Waals surface area contributed by atoms with Gasteiger partial charge in [-0.3, -0.25) is 4.40 Å². The number of benzene rings is 1. The van der Waals surface area contributed by atoms with E-state index in [0.717, 1.165) is 24.3 Å². The number of fused-ring (bicyclic) bond motifs is 1. The van der Waals surface area contributed by atoms with Crippen LogP contribution in [-0.4, -0.2) is 59.2 Å². The first-order chi connectivity index (χ1) is 14.7. The van der Waals surface area contributed by atoms with E-state index < -0.39 is 11.2 Å². The lowest BCUT2D eigenvalue weighted by Gasteiger charge is -2.13. The lowest BCUT2D eigenvalue weighted by molar-refractivity contribution is 0.475. The molecule has 0 saturated carbocycles. The van der Waals surface area contributed by atoms with E-state index in [2.05, 4.69) is 25.0 Å². The monoisotopic (exact) mass is 425 g/mol. The average molecular weight is 425 g/mol. The van der Waals surface area contributed by atoms with Crippen molar-refractivity contribution >= 4 is 23.0 Å². The van der Waals surface area contributed by atoms with Gasteiger partial charge in [0.1, 0.15) is 23.4 Å². The average Bonchev–Trinajstić information content (AvgIpc) is 3.44. The largest absolute Gasteiger partial charge is 0.508 e. The summed E-state index contributed by atoms with van der Waals surface area (Å²) in [4.78, 5) is 13.5. The maximum absolute atomic E-state index is 11.8. The van der Waals surface area contributed by atoms with Gasteiger partial charge in [-0.05, 0) is 18.2 Å². The smallest absolute Gasteiger partial charge is 0.306 e. The van der Waals surface area contributed by atoms with Crippen LogP contribution in [0.1, 0.15) is 0 Å². The molecule has 3 aromatic heterocycles. The molecule has 5 rings (SSSR count). The Kier molecular flexibility index (Phi) is 4.91. The van der Waals surface area contributed by atoms with Gasteiger partial charge in [0.05, 0.1) is 5.69 Å². The molecule has 1 fully saturated rings. The second-order valence-electron chi connectivity index (χ2n) is 6.68. The summed E-state index contributed by atoms with van der Waals surface area (Å²) >= 11 is -1.12. The molecule has 0 aliphatic carbocycles. The second kappa shape index (κ2) is 7.86. The van der Waals surface area contributed by atoms with Crippen LogP contribution in [0.5, 0.6) is 5.75 Å². The van der Waals surface area contributed by atoms with E-state index in [1.54, 1.807) is 42.9 Å². The van der Waals surface area contributed by atoms with Crippen molar-refractivity contribution in [2.75, 3.05) is 31.5 Å². The van der Waals surface area contributed by atoms with Crippen LogP contribution in [0.25, 0.3) is 28.5 Å². The number of anilines is 1. The topological polar surface area (TPSA) is 121 Å². The third kappa shape index (κ3) is 3.54. The highest BCUT2D eigenvalue weighted by atomic mass is 32.2. The van der Waals surface area contributed by atoms with Gasteiger partial charge >= 0.3 is 5.84 Å². The van der Waals surface area contributed by atoms with E-state index in [0.29, 0.717) is 36.3 Å². The first-order valence-electron chi connectivity index (χ1n) is 9.41. The van der Waals surface area contributed by atoms with Gasteiger partial charge in [-0.25, -0.2) is 23.2 Å². The standard InChI is InChI=1S/C19H19N7O3S/c27-14-3-1-2-13(12-14)16-17(26-10-11-29-19(26)24-16)15-4-5-20-18(23-15)21-6-8-25-9-7-22-30(25)28/h1-5,10-12,22,27H,6-9H2,(H,20,21,23). The highest BCUT2D eigenvalue weighted by Gasteiger charge is 2.20. The maximum Gasteiger partial charge on any atom is 0.306 e. The van der Waals surface area contributed by atoms with E-state index in [1.165, 1.54) is 0 Å². The molecule has 4 heterocycles. The number of phenols is 1. The summed E-state index contributed by atoms with van der Waals surface area (Å²) < 4.78 is 23.8. The molecule has 1 unspecified atom stereocenters. The highest BCUT2D eigenvalue weighted by molar-refractivity contribution is 7.80. The predicted octanol–water partition coefficient (Wildman–Crippen LogP) is 1.65. The van der Waals surface area contributed by atoms with Crippen molar-refractivity contribution in [3.63, 3.8) is 0 Å². The molecular formula is C19H19N7O3S. The van der Waals surface area contributed by atoms with Gasteiger partial charge in [0.15, 0.2) is 11.2 Å². The van der Waals surface area contributed by atoms with Crippen molar-refractivity contribution in [3.05, 3.63) is 49.0 Å². The number of aromatic nitrogens is 4. The van der Waals surface area contributed by atoms with Crippen molar-refractivity contribution in [3.8, 4) is 28.4 Å². The Labute approximate surface area is 174 Å². The Hall–Kier alpha value is -3.28. The van der Waals surface area contributed by atoms with Crippen molar-refractivity contribution < 1.29 is 13.7 Å². The molecular weight excluding hydrogens is 406 g/mol. The number of nitrogens with one attached hydrogen (secondary N) is 2. The zero-order valence-electron chi connectivity index (χ0n) is 15.9. The van der Waals surface area contributed by atoms with E-state index in [4.69, 9.17) is 4.42 Å². The van der Waals surface area contributed by atoms with Gasteiger partial charge < -0.3 is 14.8 Å². The Balaban J connectivity index is 1.45. The fraction of sp³-hybridized carbons (Fsp3) is 0.211. The summed E-state index contributed by atoms with van der Waals surface area (Å²) in [5.41, 5.74) is 2.79. The predicted molar refractivity (Wildman–Crippen MR) is 112 cm³/mol. The zero-order chi connectivity index (χ0) is 20.5. The van der Waals surface area contributed by atoms with Crippen LogP contribution in [-0.2, 0) is 11.2 Å². The highest BCUT2D eigenvalue weighted by Crippen LogP contribution is 2.33. The Bertz CT molecular complexity index is 1220. The molecule has 0 amide bonds. The summed E-state index contributed by atoms with van der Waals surface area (Å²) in [7, 11) is 0. The fourth-order valence-electron chi connectivity index (χ4n) is 3.38. The van der Waals surface area contributed by atoms with Crippen LogP contribution < -0.4 is 10.0 Å². The van der Waals surface area contributed by atoms with E-state index >= 15 is 0 Å². The summed E-state index contributed by atoms with van der Waals surface area (Å²) in [5, 5.41) is 13.1. The molecule has 10 nitrogen and oxygen atoms in total. The summed E-state index contributed by atoms with van der Waals surface area (Å²) in [6.07, 6.45) is 5.00. The first kappa shape index (κ1) is 18.7. The first-order valence-corrected chi connectivity index (χ1v) is 10.5. The summed E-state index contributed by atoms with van der Waals surface area (Å²) in [6.45, 7) is 2.64. The fourth-order valence-corrected chi connectivity index (χ4v) is 4.34. The summed E-state index contributed by atoms with van der Waals surface area (Å²) in [5.74, 6) is 1.05. The van der Waals surface area contributed by atoms with Crippen molar-refractivity contribution in [1.82, 2.24) is 28.4 Å². The normalized spacial score (nSPS) is 17.0. The molecule has 1 aliphatic rings. The van der Waals surface area contributed by atoms with Crippen molar-refractivity contribution in [2.24, 2.45) is 0 Å². The van der Waals surface area contributed by atoms with Crippen molar-refractivity contribution in [2.45, 2.75) is 0 Å². The Morgan fingerprint density at radius 3 is 3.07 bits per heavy atom. The molecule has 1 atom stereocenters. The van der Waals surface area contributed by atoms with Crippen LogP contribution in [0.4, 0.5) is 5.95 Å². The minimum absolute atomic E-state index is 0.155. The van der Waals surface area contributed by atoms with Crippen LogP contribution in [0.2, 0.25) is 0 Å². The maximum atomic E-state index is 11.8. The number of hydrogen-bond donors (Lipinski definition) is 3. The van der Waals surface area contributed by atoms with E-state index in [9.17, 15) is 9.32 Å². The van der Waals surface area contributed by atoms with Gasteiger partial charge in [0, 0.05) is 44.1 Å². The molecule has 1 aromatic carbocycles.